The highest BCUT2D eigenvalue weighted by Gasteiger charge is 2.24. The second kappa shape index (κ2) is 9.45. The molecule has 2 aromatic heterocycles. The van der Waals surface area contributed by atoms with Gasteiger partial charge in [0.15, 0.2) is 10.8 Å². The van der Waals surface area contributed by atoms with Crippen molar-refractivity contribution in [2.24, 2.45) is 0 Å². The van der Waals surface area contributed by atoms with Gasteiger partial charge in [-0.15, -0.1) is 0 Å². The van der Waals surface area contributed by atoms with Gasteiger partial charge in [-0.1, -0.05) is 25.4 Å². The van der Waals surface area contributed by atoms with Crippen LogP contribution in [0.2, 0.25) is 5.15 Å². The summed E-state index contributed by atoms with van der Waals surface area (Å²) >= 11 is 5.99. The van der Waals surface area contributed by atoms with E-state index < -0.39 is 7.60 Å². The summed E-state index contributed by atoms with van der Waals surface area (Å²) in [5.74, 6) is 0.0746. The van der Waals surface area contributed by atoms with Crippen molar-refractivity contribution in [3.05, 3.63) is 11.5 Å². The summed E-state index contributed by atoms with van der Waals surface area (Å²) in [5.41, 5.74) is 6.60. The molecule has 140 valence electrons. The highest BCUT2D eigenvalue weighted by Crippen LogP contribution is 2.48. The van der Waals surface area contributed by atoms with Gasteiger partial charge in [0.1, 0.15) is 11.9 Å². The van der Waals surface area contributed by atoms with Crippen molar-refractivity contribution in [3.63, 3.8) is 0 Å². The molecule has 0 unspecified atom stereocenters. The van der Waals surface area contributed by atoms with Crippen molar-refractivity contribution in [1.29, 1.82) is 0 Å². The predicted molar refractivity (Wildman–Crippen MR) is 95.7 cm³/mol. The van der Waals surface area contributed by atoms with E-state index in [1.54, 1.807) is 10.9 Å². The van der Waals surface area contributed by atoms with Gasteiger partial charge in [-0.05, 0) is 12.8 Å². The quantitative estimate of drug-likeness (QED) is 0.353. The van der Waals surface area contributed by atoms with Crippen LogP contribution in [0.4, 0.5) is 5.95 Å². The van der Waals surface area contributed by atoms with Crippen LogP contribution in [0, 0.1) is 0 Å². The Kier molecular flexibility index (Phi) is 7.58. The lowest BCUT2D eigenvalue weighted by Crippen LogP contribution is -2.10. The largest absolute Gasteiger partial charge is 0.368 e. The van der Waals surface area contributed by atoms with Gasteiger partial charge in [0.2, 0.25) is 5.95 Å². The molecule has 0 aromatic carbocycles. The van der Waals surface area contributed by atoms with Crippen molar-refractivity contribution in [2.75, 3.05) is 31.9 Å². The molecule has 2 rings (SSSR count). The molecule has 2 N–H and O–H groups in total. The zero-order valence-corrected chi connectivity index (χ0v) is 16.0. The summed E-state index contributed by atoms with van der Waals surface area (Å²) < 4.78 is 30.5. The van der Waals surface area contributed by atoms with E-state index >= 15 is 0 Å². The van der Waals surface area contributed by atoms with Crippen LogP contribution >= 0.6 is 19.2 Å². The molecule has 0 bridgehead atoms. The lowest BCUT2D eigenvalue weighted by atomic mass is 10.5. The zero-order valence-electron chi connectivity index (χ0n) is 14.4. The topological polar surface area (TPSA) is 114 Å². The summed E-state index contributed by atoms with van der Waals surface area (Å²) in [6.07, 6.45) is 2.98. The van der Waals surface area contributed by atoms with Crippen molar-refractivity contribution < 1.29 is 18.3 Å². The number of hydrogen-bond donors (Lipinski definition) is 1. The van der Waals surface area contributed by atoms with Gasteiger partial charge in [-0.3, -0.25) is 4.57 Å². The number of hydrogen-bond acceptors (Lipinski definition) is 8. The van der Waals surface area contributed by atoms with E-state index in [0.29, 0.717) is 30.9 Å². The maximum absolute atomic E-state index is 12.6. The van der Waals surface area contributed by atoms with Gasteiger partial charge in [-0.2, -0.15) is 9.97 Å². The molecule has 0 aliphatic carbocycles. The number of anilines is 1. The normalized spacial score (nSPS) is 12.1. The Balaban J connectivity index is 1.92. The highest BCUT2D eigenvalue weighted by molar-refractivity contribution is 7.53. The molecule has 0 aliphatic heterocycles. The van der Waals surface area contributed by atoms with Crippen LogP contribution in [0.5, 0.6) is 0 Å². The zero-order chi connectivity index (χ0) is 18.3. The second-order valence-corrected chi connectivity index (χ2v) is 7.65. The molecule has 0 saturated heterocycles. The lowest BCUT2D eigenvalue weighted by molar-refractivity contribution is 0.123. The Morgan fingerprint density at radius 2 is 1.88 bits per heavy atom. The Bertz CT molecular complexity index is 729. The van der Waals surface area contributed by atoms with Crippen LogP contribution in [0.25, 0.3) is 11.2 Å². The van der Waals surface area contributed by atoms with Crippen LogP contribution in [-0.2, 0) is 24.9 Å². The smallest absolute Gasteiger partial charge is 0.356 e. The third-order valence-electron chi connectivity index (χ3n) is 3.15. The van der Waals surface area contributed by atoms with E-state index in [0.717, 1.165) is 12.8 Å². The monoisotopic (exact) mass is 391 g/mol. The molecule has 2 aromatic rings. The Labute approximate surface area is 151 Å². The molecule has 25 heavy (non-hydrogen) atoms. The van der Waals surface area contributed by atoms with Crippen LogP contribution in [0.1, 0.15) is 26.7 Å². The Morgan fingerprint density at radius 1 is 1.20 bits per heavy atom. The lowest BCUT2D eigenvalue weighted by Gasteiger charge is -2.18. The minimum Gasteiger partial charge on any atom is -0.368 e. The van der Waals surface area contributed by atoms with E-state index in [1.807, 2.05) is 13.8 Å². The molecule has 0 saturated carbocycles. The van der Waals surface area contributed by atoms with Crippen LogP contribution in [-0.4, -0.2) is 45.7 Å². The number of halogens is 1. The van der Waals surface area contributed by atoms with Gasteiger partial charge >= 0.3 is 7.60 Å². The van der Waals surface area contributed by atoms with Crippen LogP contribution in [0.15, 0.2) is 6.33 Å². The molecular weight excluding hydrogens is 369 g/mol. The summed E-state index contributed by atoms with van der Waals surface area (Å²) in [6.45, 7) is 5.32. The van der Waals surface area contributed by atoms with Gasteiger partial charge in [0.05, 0.1) is 26.1 Å². The van der Waals surface area contributed by atoms with Crippen LogP contribution < -0.4 is 5.73 Å². The SMILES string of the molecule is CCCOP(=O)(COCCn1cnc2c(Cl)nc(N)nc21)OCCC. The number of imidazole rings is 1. The number of rotatable bonds is 11. The number of ether oxygens (including phenoxy) is 1. The first-order valence-corrected chi connectivity index (χ1v) is 10.2. The van der Waals surface area contributed by atoms with Gasteiger partial charge in [0.25, 0.3) is 0 Å². The molecule has 0 radical (unpaired) electrons. The van der Waals surface area contributed by atoms with E-state index in [2.05, 4.69) is 15.0 Å². The molecule has 11 heteroatoms. The summed E-state index contributed by atoms with van der Waals surface area (Å²) in [4.78, 5) is 12.1. The molecule has 2 heterocycles. The first-order chi connectivity index (χ1) is 12.0. The predicted octanol–water partition coefficient (Wildman–Crippen LogP) is 3.08. The number of nitrogens with two attached hydrogens (primary N) is 1. The molecule has 0 spiro atoms. The summed E-state index contributed by atoms with van der Waals surface area (Å²) in [5, 5.41) is 0.201. The Morgan fingerprint density at radius 3 is 2.52 bits per heavy atom. The van der Waals surface area contributed by atoms with Crippen molar-refractivity contribution in [3.8, 4) is 0 Å². The van der Waals surface area contributed by atoms with Crippen molar-refractivity contribution in [1.82, 2.24) is 19.5 Å². The van der Waals surface area contributed by atoms with E-state index in [4.69, 9.17) is 31.1 Å². The average molecular weight is 392 g/mol. The second-order valence-electron chi connectivity index (χ2n) is 5.30. The number of aromatic nitrogens is 4. The fraction of sp³-hybridized carbons (Fsp3) is 0.643. The van der Waals surface area contributed by atoms with Crippen molar-refractivity contribution in [2.45, 2.75) is 33.2 Å². The third kappa shape index (κ3) is 5.62. The van der Waals surface area contributed by atoms with Crippen LogP contribution in [0.3, 0.4) is 0 Å². The number of fused-ring (bicyclic) bond motifs is 1. The summed E-state index contributed by atoms with van der Waals surface area (Å²) in [7, 11) is -3.24. The fourth-order valence-electron chi connectivity index (χ4n) is 2.00. The molecule has 0 amide bonds. The minimum absolute atomic E-state index is 0.0746. The Hall–Kier alpha value is -1.25. The maximum Gasteiger partial charge on any atom is 0.356 e. The third-order valence-corrected chi connectivity index (χ3v) is 5.06. The van der Waals surface area contributed by atoms with E-state index in [-0.39, 0.29) is 24.1 Å². The standard InChI is InChI=1S/C14H23ClN5O4P/c1-3-6-23-25(21,24-7-4-2)10-22-8-5-20-9-17-11-12(15)18-14(16)19-13(11)20/h9H,3-8,10H2,1-2H3,(H2,16,18,19). The molecule has 0 atom stereocenters. The molecule has 0 fully saturated rings. The van der Waals surface area contributed by atoms with E-state index in [1.165, 1.54) is 0 Å². The van der Waals surface area contributed by atoms with Gasteiger partial charge in [0, 0.05) is 6.54 Å². The first-order valence-electron chi connectivity index (χ1n) is 8.08. The molecule has 0 aliphatic rings. The van der Waals surface area contributed by atoms with E-state index in [9.17, 15) is 4.57 Å². The fourth-order valence-corrected chi connectivity index (χ4v) is 3.72. The maximum atomic E-state index is 12.6. The number of nitrogens with zero attached hydrogens (tertiary/aromatic N) is 4. The molecule has 9 nitrogen and oxygen atoms in total. The minimum atomic E-state index is -3.24. The van der Waals surface area contributed by atoms with Crippen molar-refractivity contribution >= 4 is 36.3 Å². The first kappa shape index (κ1) is 20.1. The van der Waals surface area contributed by atoms with Gasteiger partial charge < -0.3 is 24.1 Å². The highest BCUT2D eigenvalue weighted by atomic mass is 35.5. The molecular formula is C14H23ClN5O4P. The summed E-state index contributed by atoms with van der Waals surface area (Å²) in [6, 6.07) is 0. The average Bonchev–Trinajstić information content (AvgIpc) is 2.98. The number of nitrogen functional groups attached to an aromatic ring is 1. The van der Waals surface area contributed by atoms with Gasteiger partial charge in [-0.25, -0.2) is 4.98 Å².